The van der Waals surface area contributed by atoms with Gasteiger partial charge in [0.25, 0.3) is 0 Å². The van der Waals surface area contributed by atoms with Gasteiger partial charge in [0.1, 0.15) is 5.82 Å². The summed E-state index contributed by atoms with van der Waals surface area (Å²) < 4.78 is 15.3. The third kappa shape index (κ3) is 3.78. The molecule has 1 aromatic heterocycles. The number of benzene rings is 2. The van der Waals surface area contributed by atoms with Crippen molar-refractivity contribution in [3.63, 3.8) is 0 Å². The monoisotopic (exact) mass is 312 g/mol. The first-order valence-corrected chi connectivity index (χ1v) is 7.90. The SMILES string of the molecule is OCCCNCc1cn(Cc2ccc(F)cc2)c2ccccc12. The van der Waals surface area contributed by atoms with Gasteiger partial charge in [-0.25, -0.2) is 4.39 Å². The maximum absolute atomic E-state index is 13.1. The van der Waals surface area contributed by atoms with Crippen LogP contribution in [-0.2, 0) is 13.1 Å². The molecule has 0 amide bonds. The van der Waals surface area contributed by atoms with Crippen LogP contribution in [0, 0.1) is 5.82 Å². The third-order valence-corrected chi connectivity index (χ3v) is 3.96. The molecule has 0 unspecified atom stereocenters. The fourth-order valence-corrected chi connectivity index (χ4v) is 2.81. The van der Waals surface area contributed by atoms with Gasteiger partial charge in [0.05, 0.1) is 0 Å². The number of fused-ring (bicyclic) bond motifs is 1. The summed E-state index contributed by atoms with van der Waals surface area (Å²) in [6.45, 7) is 2.50. The highest BCUT2D eigenvalue weighted by Crippen LogP contribution is 2.22. The molecular weight excluding hydrogens is 291 g/mol. The van der Waals surface area contributed by atoms with Crippen LogP contribution in [0.25, 0.3) is 10.9 Å². The number of halogens is 1. The molecule has 2 N–H and O–H groups in total. The van der Waals surface area contributed by atoms with Crippen LogP contribution in [0.15, 0.2) is 54.7 Å². The molecule has 3 nitrogen and oxygen atoms in total. The second kappa shape index (κ2) is 7.40. The minimum Gasteiger partial charge on any atom is -0.396 e. The first-order valence-electron chi connectivity index (χ1n) is 7.90. The smallest absolute Gasteiger partial charge is 0.123 e. The van der Waals surface area contributed by atoms with Crippen molar-refractivity contribution in [2.75, 3.05) is 13.2 Å². The number of rotatable bonds is 7. The topological polar surface area (TPSA) is 37.2 Å². The van der Waals surface area contributed by atoms with Gasteiger partial charge >= 0.3 is 0 Å². The van der Waals surface area contributed by atoms with Crippen molar-refractivity contribution in [1.29, 1.82) is 0 Å². The highest BCUT2D eigenvalue weighted by Gasteiger charge is 2.08. The maximum atomic E-state index is 13.1. The Morgan fingerprint density at radius 1 is 1.04 bits per heavy atom. The van der Waals surface area contributed by atoms with E-state index in [0.717, 1.165) is 31.6 Å². The molecule has 4 heteroatoms. The molecule has 1 heterocycles. The van der Waals surface area contributed by atoms with Crippen molar-refractivity contribution >= 4 is 10.9 Å². The number of hydrogen-bond donors (Lipinski definition) is 2. The Morgan fingerprint density at radius 3 is 2.61 bits per heavy atom. The summed E-state index contributed by atoms with van der Waals surface area (Å²) in [5.41, 5.74) is 3.49. The van der Waals surface area contributed by atoms with Crippen molar-refractivity contribution in [2.45, 2.75) is 19.5 Å². The molecule has 0 bridgehead atoms. The van der Waals surface area contributed by atoms with Gasteiger partial charge in [0, 0.05) is 36.8 Å². The van der Waals surface area contributed by atoms with Crippen LogP contribution in [0.2, 0.25) is 0 Å². The van der Waals surface area contributed by atoms with E-state index in [9.17, 15) is 4.39 Å². The summed E-state index contributed by atoms with van der Waals surface area (Å²) in [7, 11) is 0. The zero-order chi connectivity index (χ0) is 16.1. The highest BCUT2D eigenvalue weighted by molar-refractivity contribution is 5.84. The quantitative estimate of drug-likeness (QED) is 0.657. The van der Waals surface area contributed by atoms with Gasteiger partial charge in [-0.05, 0) is 42.3 Å². The lowest BCUT2D eigenvalue weighted by Gasteiger charge is -2.05. The summed E-state index contributed by atoms with van der Waals surface area (Å²) in [5.74, 6) is -0.208. The van der Waals surface area contributed by atoms with Gasteiger partial charge < -0.3 is 15.0 Å². The normalized spacial score (nSPS) is 11.2. The zero-order valence-electron chi connectivity index (χ0n) is 13.0. The summed E-state index contributed by atoms with van der Waals surface area (Å²) in [4.78, 5) is 0. The molecule has 0 aliphatic rings. The minimum absolute atomic E-state index is 0.208. The number of aromatic nitrogens is 1. The average Bonchev–Trinajstić information content (AvgIpc) is 2.92. The van der Waals surface area contributed by atoms with Gasteiger partial charge in [-0.1, -0.05) is 30.3 Å². The van der Waals surface area contributed by atoms with Crippen LogP contribution >= 0.6 is 0 Å². The molecule has 0 radical (unpaired) electrons. The predicted octanol–water partition coefficient (Wildman–Crippen LogP) is 3.30. The number of hydrogen-bond acceptors (Lipinski definition) is 2. The molecule has 3 aromatic rings. The van der Waals surface area contributed by atoms with E-state index in [-0.39, 0.29) is 12.4 Å². The molecule has 120 valence electrons. The van der Waals surface area contributed by atoms with E-state index in [2.05, 4.69) is 28.2 Å². The van der Waals surface area contributed by atoms with Gasteiger partial charge in [0.15, 0.2) is 0 Å². The summed E-state index contributed by atoms with van der Waals surface area (Å²) in [6.07, 6.45) is 2.91. The van der Waals surface area contributed by atoms with E-state index in [1.165, 1.54) is 28.6 Å². The lowest BCUT2D eigenvalue weighted by Crippen LogP contribution is -2.15. The fraction of sp³-hybridized carbons (Fsp3) is 0.263. The number of aliphatic hydroxyl groups is 1. The van der Waals surface area contributed by atoms with E-state index in [4.69, 9.17) is 5.11 Å². The number of aliphatic hydroxyl groups excluding tert-OH is 1. The standard InChI is InChI=1S/C19H21FN2O/c20-17-8-6-15(7-9-17)13-22-14-16(12-21-10-3-11-23)18-4-1-2-5-19(18)22/h1-2,4-9,14,21,23H,3,10-13H2. The largest absolute Gasteiger partial charge is 0.396 e. The van der Waals surface area contributed by atoms with Gasteiger partial charge in [0.2, 0.25) is 0 Å². The van der Waals surface area contributed by atoms with Crippen molar-refractivity contribution in [3.05, 3.63) is 71.7 Å². The lowest BCUT2D eigenvalue weighted by atomic mass is 10.2. The van der Waals surface area contributed by atoms with Gasteiger partial charge in [-0.3, -0.25) is 0 Å². The van der Waals surface area contributed by atoms with Crippen molar-refractivity contribution in [1.82, 2.24) is 9.88 Å². The molecule has 0 atom stereocenters. The van der Waals surface area contributed by atoms with E-state index < -0.39 is 0 Å². The molecule has 0 spiro atoms. The zero-order valence-corrected chi connectivity index (χ0v) is 13.0. The maximum Gasteiger partial charge on any atom is 0.123 e. The average molecular weight is 312 g/mol. The second-order valence-corrected chi connectivity index (χ2v) is 5.68. The minimum atomic E-state index is -0.208. The Hall–Kier alpha value is -2.17. The van der Waals surface area contributed by atoms with Crippen LogP contribution in [0.4, 0.5) is 4.39 Å². The third-order valence-electron chi connectivity index (χ3n) is 3.96. The predicted molar refractivity (Wildman–Crippen MR) is 90.8 cm³/mol. The Kier molecular flexibility index (Phi) is 5.05. The first-order chi connectivity index (χ1) is 11.3. The molecule has 2 aromatic carbocycles. The van der Waals surface area contributed by atoms with E-state index in [1.807, 2.05) is 24.3 Å². The van der Waals surface area contributed by atoms with Gasteiger partial charge in [-0.2, -0.15) is 0 Å². The molecule has 0 fully saturated rings. The van der Waals surface area contributed by atoms with Crippen LogP contribution in [-0.4, -0.2) is 22.8 Å². The molecule has 0 saturated heterocycles. The Morgan fingerprint density at radius 2 is 1.83 bits per heavy atom. The molecule has 0 aliphatic heterocycles. The highest BCUT2D eigenvalue weighted by atomic mass is 19.1. The molecule has 0 saturated carbocycles. The molecule has 3 rings (SSSR count). The van der Waals surface area contributed by atoms with E-state index >= 15 is 0 Å². The molecular formula is C19H21FN2O. The number of nitrogens with one attached hydrogen (secondary N) is 1. The van der Waals surface area contributed by atoms with Crippen LogP contribution in [0.1, 0.15) is 17.5 Å². The number of para-hydroxylation sites is 1. The van der Waals surface area contributed by atoms with Crippen molar-refractivity contribution < 1.29 is 9.50 Å². The van der Waals surface area contributed by atoms with Crippen LogP contribution in [0.3, 0.4) is 0 Å². The fourth-order valence-electron chi connectivity index (χ4n) is 2.81. The summed E-state index contributed by atoms with van der Waals surface area (Å²) in [5, 5.41) is 13.4. The summed E-state index contributed by atoms with van der Waals surface area (Å²) >= 11 is 0. The van der Waals surface area contributed by atoms with E-state index in [0.29, 0.717) is 0 Å². The molecule has 23 heavy (non-hydrogen) atoms. The van der Waals surface area contributed by atoms with Crippen LogP contribution in [0.5, 0.6) is 0 Å². The summed E-state index contributed by atoms with van der Waals surface area (Å²) in [6, 6.07) is 15.0. The van der Waals surface area contributed by atoms with Gasteiger partial charge in [-0.15, -0.1) is 0 Å². The Bertz CT molecular complexity index is 765. The second-order valence-electron chi connectivity index (χ2n) is 5.68. The van der Waals surface area contributed by atoms with Crippen molar-refractivity contribution in [3.8, 4) is 0 Å². The lowest BCUT2D eigenvalue weighted by molar-refractivity contribution is 0.286. The number of nitrogens with zero attached hydrogens (tertiary/aromatic N) is 1. The Labute approximate surface area is 135 Å². The van der Waals surface area contributed by atoms with Crippen molar-refractivity contribution in [2.24, 2.45) is 0 Å². The van der Waals surface area contributed by atoms with E-state index in [1.54, 1.807) is 0 Å². The first kappa shape index (κ1) is 15.7. The van der Waals surface area contributed by atoms with Crippen LogP contribution < -0.4 is 5.32 Å². The Balaban J connectivity index is 1.83. The molecule has 0 aliphatic carbocycles.